The van der Waals surface area contributed by atoms with Crippen LogP contribution in [-0.4, -0.2) is 25.1 Å². The van der Waals surface area contributed by atoms with Gasteiger partial charge < -0.3 is 15.4 Å². The Balaban J connectivity index is 1.91. The molecule has 1 aliphatic carbocycles. The highest BCUT2D eigenvalue weighted by molar-refractivity contribution is 6.32. The molecule has 0 unspecified atom stereocenters. The summed E-state index contributed by atoms with van der Waals surface area (Å²) in [5.74, 6) is 0.517. The summed E-state index contributed by atoms with van der Waals surface area (Å²) in [6.07, 6.45) is 3.22. The fourth-order valence-corrected chi connectivity index (χ4v) is 2.14. The molecule has 5 heteroatoms. The van der Waals surface area contributed by atoms with Gasteiger partial charge in [0.2, 0.25) is 0 Å². The van der Waals surface area contributed by atoms with E-state index in [4.69, 9.17) is 16.3 Å². The molecule has 2 N–H and O–H groups in total. The highest BCUT2D eigenvalue weighted by Gasteiger charge is 2.23. The van der Waals surface area contributed by atoms with Crippen LogP contribution in [0.4, 0.5) is 0 Å². The van der Waals surface area contributed by atoms with Crippen LogP contribution in [0.1, 0.15) is 31.7 Å². The fraction of sp³-hybridized carbons (Fsp3) is 0.533. The summed E-state index contributed by atoms with van der Waals surface area (Å²) in [7, 11) is 0. The molecule has 1 aromatic carbocycles. The largest absolute Gasteiger partial charge is 0.482 e. The van der Waals surface area contributed by atoms with Gasteiger partial charge in [0.05, 0.1) is 5.02 Å². The van der Waals surface area contributed by atoms with E-state index < -0.39 is 0 Å². The Morgan fingerprint density at radius 1 is 1.45 bits per heavy atom. The number of halogens is 1. The number of rotatable bonds is 8. The maximum absolute atomic E-state index is 11.7. The summed E-state index contributed by atoms with van der Waals surface area (Å²) in [5.41, 5.74) is 0.977. The first-order valence-corrected chi connectivity index (χ1v) is 7.48. The number of amides is 1. The van der Waals surface area contributed by atoms with Crippen LogP contribution < -0.4 is 15.4 Å². The normalized spacial score (nSPS) is 14.1. The smallest absolute Gasteiger partial charge is 0.258 e. The predicted octanol–water partition coefficient (Wildman–Crippen LogP) is 2.50. The molecule has 2 rings (SSSR count). The molecule has 0 aliphatic heterocycles. The summed E-state index contributed by atoms with van der Waals surface area (Å²) >= 11 is 6.16. The summed E-state index contributed by atoms with van der Waals surface area (Å²) in [6, 6.07) is 5.98. The van der Waals surface area contributed by atoms with Crippen molar-refractivity contribution in [3.8, 4) is 5.75 Å². The first kappa shape index (κ1) is 15.1. The number of para-hydroxylation sites is 1. The van der Waals surface area contributed by atoms with Crippen LogP contribution in [0.25, 0.3) is 0 Å². The van der Waals surface area contributed by atoms with E-state index in [2.05, 4.69) is 17.6 Å². The zero-order chi connectivity index (χ0) is 14.4. The number of hydrogen-bond acceptors (Lipinski definition) is 3. The van der Waals surface area contributed by atoms with Crippen molar-refractivity contribution < 1.29 is 9.53 Å². The Hall–Kier alpha value is -1.26. The van der Waals surface area contributed by atoms with Gasteiger partial charge in [-0.2, -0.15) is 0 Å². The molecule has 1 fully saturated rings. The standard InChI is InChI=1S/C15H21ClN2O2/c1-2-8-17-9-11-4-3-5-13(16)15(11)20-10-14(19)18-12-6-7-12/h3-5,12,17H,2,6-10H2,1H3,(H,18,19). The Morgan fingerprint density at radius 2 is 2.25 bits per heavy atom. The fourth-order valence-electron chi connectivity index (χ4n) is 1.89. The van der Waals surface area contributed by atoms with E-state index in [9.17, 15) is 4.79 Å². The number of carbonyl (C=O) groups is 1. The van der Waals surface area contributed by atoms with Crippen molar-refractivity contribution in [1.29, 1.82) is 0 Å². The van der Waals surface area contributed by atoms with E-state index in [1.165, 1.54) is 0 Å². The van der Waals surface area contributed by atoms with E-state index in [1.807, 2.05) is 12.1 Å². The molecule has 1 aliphatic rings. The van der Waals surface area contributed by atoms with Gasteiger partial charge in [0.1, 0.15) is 5.75 Å². The predicted molar refractivity (Wildman–Crippen MR) is 80.1 cm³/mol. The zero-order valence-corrected chi connectivity index (χ0v) is 12.5. The van der Waals surface area contributed by atoms with Crippen LogP contribution in [0.5, 0.6) is 5.75 Å². The van der Waals surface area contributed by atoms with E-state index in [-0.39, 0.29) is 12.5 Å². The minimum Gasteiger partial charge on any atom is -0.482 e. The van der Waals surface area contributed by atoms with E-state index in [0.717, 1.165) is 31.4 Å². The first-order valence-electron chi connectivity index (χ1n) is 7.11. The average molecular weight is 297 g/mol. The number of nitrogens with one attached hydrogen (secondary N) is 2. The molecule has 0 atom stereocenters. The minimum absolute atomic E-state index is 0.0149. The molecule has 0 heterocycles. The van der Waals surface area contributed by atoms with Gasteiger partial charge in [0.25, 0.3) is 5.91 Å². The third-order valence-corrected chi connectivity index (χ3v) is 3.38. The van der Waals surface area contributed by atoms with Crippen LogP contribution >= 0.6 is 11.6 Å². The van der Waals surface area contributed by atoms with Crippen LogP contribution in [0.3, 0.4) is 0 Å². The van der Waals surface area contributed by atoms with Crippen LogP contribution in [-0.2, 0) is 11.3 Å². The van der Waals surface area contributed by atoms with Crippen molar-refractivity contribution in [2.75, 3.05) is 13.2 Å². The van der Waals surface area contributed by atoms with Crippen molar-refractivity contribution in [2.24, 2.45) is 0 Å². The molecule has 0 spiro atoms. The Labute approximate surface area is 124 Å². The second-order valence-corrected chi connectivity index (χ2v) is 5.44. The lowest BCUT2D eigenvalue weighted by molar-refractivity contribution is -0.123. The highest BCUT2D eigenvalue weighted by atomic mass is 35.5. The topological polar surface area (TPSA) is 50.4 Å². The van der Waals surface area contributed by atoms with Gasteiger partial charge in [-0.15, -0.1) is 0 Å². The quantitative estimate of drug-likeness (QED) is 0.725. The van der Waals surface area contributed by atoms with Crippen molar-refractivity contribution in [3.05, 3.63) is 28.8 Å². The molecule has 1 aromatic rings. The highest BCUT2D eigenvalue weighted by Crippen LogP contribution is 2.28. The maximum atomic E-state index is 11.7. The van der Waals surface area contributed by atoms with E-state index in [0.29, 0.717) is 23.4 Å². The minimum atomic E-state index is -0.0834. The molecule has 4 nitrogen and oxygen atoms in total. The van der Waals surface area contributed by atoms with Gasteiger partial charge in [-0.25, -0.2) is 0 Å². The van der Waals surface area contributed by atoms with Crippen molar-refractivity contribution >= 4 is 17.5 Å². The number of carbonyl (C=O) groups excluding carboxylic acids is 1. The van der Waals surface area contributed by atoms with Crippen molar-refractivity contribution in [2.45, 2.75) is 38.8 Å². The van der Waals surface area contributed by atoms with Gasteiger partial charge >= 0.3 is 0 Å². The van der Waals surface area contributed by atoms with Crippen LogP contribution in [0, 0.1) is 0 Å². The van der Waals surface area contributed by atoms with Gasteiger partial charge in [0, 0.05) is 18.2 Å². The average Bonchev–Trinajstić information content (AvgIpc) is 3.22. The molecule has 110 valence electrons. The second-order valence-electron chi connectivity index (χ2n) is 5.04. The number of ether oxygens (including phenoxy) is 1. The van der Waals surface area contributed by atoms with Crippen LogP contribution in [0.15, 0.2) is 18.2 Å². The number of benzene rings is 1. The first-order chi connectivity index (χ1) is 9.70. The van der Waals surface area contributed by atoms with Gasteiger partial charge in [-0.05, 0) is 31.9 Å². The van der Waals surface area contributed by atoms with Gasteiger partial charge in [-0.3, -0.25) is 4.79 Å². The monoisotopic (exact) mass is 296 g/mol. The Kier molecular flexibility index (Phi) is 5.68. The second kappa shape index (κ2) is 7.50. The van der Waals surface area contributed by atoms with E-state index >= 15 is 0 Å². The molecule has 0 bridgehead atoms. The molecular weight excluding hydrogens is 276 g/mol. The zero-order valence-electron chi connectivity index (χ0n) is 11.7. The summed E-state index contributed by atoms with van der Waals surface area (Å²) in [5, 5.41) is 6.74. The molecule has 0 radical (unpaired) electrons. The lowest BCUT2D eigenvalue weighted by Crippen LogP contribution is -2.30. The maximum Gasteiger partial charge on any atom is 0.258 e. The molecular formula is C15H21ClN2O2. The molecule has 0 saturated heterocycles. The van der Waals surface area contributed by atoms with Gasteiger partial charge in [-0.1, -0.05) is 30.7 Å². The van der Waals surface area contributed by atoms with Crippen molar-refractivity contribution in [3.63, 3.8) is 0 Å². The Bertz CT molecular complexity index is 461. The van der Waals surface area contributed by atoms with E-state index in [1.54, 1.807) is 6.07 Å². The third-order valence-electron chi connectivity index (χ3n) is 3.08. The van der Waals surface area contributed by atoms with Crippen molar-refractivity contribution in [1.82, 2.24) is 10.6 Å². The molecule has 1 amide bonds. The molecule has 0 aromatic heterocycles. The molecule has 1 saturated carbocycles. The van der Waals surface area contributed by atoms with Crippen LogP contribution in [0.2, 0.25) is 5.02 Å². The third kappa shape index (κ3) is 4.69. The summed E-state index contributed by atoms with van der Waals surface area (Å²) in [6.45, 7) is 3.76. The Morgan fingerprint density at radius 3 is 2.95 bits per heavy atom. The SMILES string of the molecule is CCCNCc1cccc(Cl)c1OCC(=O)NC1CC1. The lowest BCUT2D eigenvalue weighted by Gasteiger charge is -2.13. The molecule has 20 heavy (non-hydrogen) atoms. The number of hydrogen-bond donors (Lipinski definition) is 2. The van der Waals surface area contributed by atoms with Gasteiger partial charge in [0.15, 0.2) is 6.61 Å². The lowest BCUT2D eigenvalue weighted by atomic mass is 10.2. The summed E-state index contributed by atoms with van der Waals surface area (Å²) < 4.78 is 5.61. The summed E-state index contributed by atoms with van der Waals surface area (Å²) in [4.78, 5) is 11.7.